The number of hydrogen-bond acceptors (Lipinski definition) is 1. The fourth-order valence-corrected chi connectivity index (χ4v) is 1.75. The molecule has 0 unspecified atom stereocenters. The van der Waals surface area contributed by atoms with Crippen LogP contribution in [0.4, 0.5) is 0 Å². The first-order chi connectivity index (χ1) is 6.74. The standard InChI is InChI=1S/C12H28NO/c1-5-9-11-14-12-10-13(6-2,7-3)8-4/h5-12H2,1-4H3/q+1. The van der Waals surface area contributed by atoms with Gasteiger partial charge in [0.2, 0.25) is 0 Å². The number of unbranched alkanes of at least 4 members (excludes halogenated alkanes) is 1. The van der Waals surface area contributed by atoms with Crippen molar-refractivity contribution in [2.45, 2.75) is 40.5 Å². The Balaban J connectivity index is 3.61. The van der Waals surface area contributed by atoms with Crippen LogP contribution in [-0.4, -0.2) is 43.9 Å². The van der Waals surface area contributed by atoms with Gasteiger partial charge in [0.15, 0.2) is 0 Å². The van der Waals surface area contributed by atoms with Crippen molar-refractivity contribution >= 4 is 0 Å². The Bertz CT molecular complexity index is 113. The lowest BCUT2D eigenvalue weighted by molar-refractivity contribution is -0.923. The molecule has 14 heavy (non-hydrogen) atoms. The van der Waals surface area contributed by atoms with Gasteiger partial charge in [-0.3, -0.25) is 0 Å². The van der Waals surface area contributed by atoms with E-state index in [-0.39, 0.29) is 0 Å². The Kier molecular flexibility index (Phi) is 8.20. The maximum Gasteiger partial charge on any atom is 0.102 e. The Hall–Kier alpha value is -0.0800. The molecule has 0 rings (SSSR count). The predicted octanol–water partition coefficient (Wildman–Crippen LogP) is 2.68. The molecule has 0 amide bonds. The fourth-order valence-electron chi connectivity index (χ4n) is 1.75. The van der Waals surface area contributed by atoms with Crippen LogP contribution >= 0.6 is 0 Å². The maximum atomic E-state index is 5.62. The summed E-state index contributed by atoms with van der Waals surface area (Å²) in [5.41, 5.74) is 0. The van der Waals surface area contributed by atoms with Crippen molar-refractivity contribution in [3.05, 3.63) is 0 Å². The number of quaternary nitrogens is 1. The van der Waals surface area contributed by atoms with E-state index in [0.717, 1.165) is 13.2 Å². The lowest BCUT2D eigenvalue weighted by Crippen LogP contribution is -2.49. The smallest absolute Gasteiger partial charge is 0.102 e. The Morgan fingerprint density at radius 1 is 0.857 bits per heavy atom. The molecule has 0 aromatic heterocycles. The van der Waals surface area contributed by atoms with Gasteiger partial charge in [0.25, 0.3) is 0 Å². The van der Waals surface area contributed by atoms with Gasteiger partial charge in [0, 0.05) is 6.61 Å². The molecular weight excluding hydrogens is 174 g/mol. The van der Waals surface area contributed by atoms with Gasteiger partial charge in [-0.2, -0.15) is 0 Å². The van der Waals surface area contributed by atoms with E-state index in [1.165, 1.54) is 43.5 Å². The molecule has 0 aliphatic carbocycles. The summed E-state index contributed by atoms with van der Waals surface area (Å²) in [6.07, 6.45) is 2.43. The summed E-state index contributed by atoms with van der Waals surface area (Å²) in [6.45, 7) is 15.7. The van der Waals surface area contributed by atoms with Crippen LogP contribution in [0.25, 0.3) is 0 Å². The SMILES string of the molecule is CCCCOCC[N+](CC)(CC)CC. The van der Waals surface area contributed by atoms with Gasteiger partial charge >= 0.3 is 0 Å². The molecule has 0 atom stereocenters. The molecule has 0 N–H and O–H groups in total. The normalized spacial score (nSPS) is 12.0. The van der Waals surface area contributed by atoms with Gasteiger partial charge in [-0.1, -0.05) is 13.3 Å². The summed E-state index contributed by atoms with van der Waals surface area (Å²) < 4.78 is 6.82. The largest absolute Gasteiger partial charge is 0.376 e. The Labute approximate surface area is 89.8 Å². The third kappa shape index (κ3) is 4.97. The average molecular weight is 202 g/mol. The van der Waals surface area contributed by atoms with Crippen LogP contribution in [-0.2, 0) is 4.74 Å². The molecule has 86 valence electrons. The monoisotopic (exact) mass is 202 g/mol. The van der Waals surface area contributed by atoms with E-state index in [1.54, 1.807) is 0 Å². The van der Waals surface area contributed by atoms with Crippen LogP contribution < -0.4 is 0 Å². The maximum absolute atomic E-state index is 5.62. The zero-order valence-electron chi connectivity index (χ0n) is 10.5. The fraction of sp³-hybridized carbons (Fsp3) is 1.00. The third-order valence-corrected chi connectivity index (χ3v) is 3.36. The van der Waals surface area contributed by atoms with Crippen molar-refractivity contribution < 1.29 is 9.22 Å². The summed E-state index contributed by atoms with van der Waals surface area (Å²) in [7, 11) is 0. The van der Waals surface area contributed by atoms with E-state index < -0.39 is 0 Å². The van der Waals surface area contributed by atoms with Crippen molar-refractivity contribution in [2.75, 3.05) is 39.4 Å². The van der Waals surface area contributed by atoms with Gasteiger partial charge in [0.1, 0.15) is 6.54 Å². The summed E-state index contributed by atoms with van der Waals surface area (Å²) in [4.78, 5) is 0. The first-order valence-corrected chi connectivity index (χ1v) is 6.17. The molecule has 2 heteroatoms. The molecule has 0 heterocycles. The van der Waals surface area contributed by atoms with Crippen molar-refractivity contribution in [3.63, 3.8) is 0 Å². The van der Waals surface area contributed by atoms with Gasteiger partial charge in [-0.15, -0.1) is 0 Å². The summed E-state index contributed by atoms with van der Waals surface area (Å²) in [5, 5.41) is 0. The van der Waals surface area contributed by atoms with Gasteiger partial charge in [-0.25, -0.2) is 0 Å². The molecule has 0 saturated carbocycles. The molecule has 0 saturated heterocycles. The minimum Gasteiger partial charge on any atom is -0.376 e. The average Bonchev–Trinajstić information content (AvgIpc) is 2.24. The number of hydrogen-bond donors (Lipinski definition) is 0. The number of nitrogens with zero attached hydrogens (tertiary/aromatic N) is 1. The van der Waals surface area contributed by atoms with Gasteiger partial charge in [0.05, 0.1) is 26.2 Å². The van der Waals surface area contributed by atoms with Crippen LogP contribution in [0.5, 0.6) is 0 Å². The van der Waals surface area contributed by atoms with Gasteiger partial charge < -0.3 is 9.22 Å². The second-order valence-corrected chi connectivity index (χ2v) is 3.98. The Morgan fingerprint density at radius 3 is 1.86 bits per heavy atom. The minimum atomic E-state index is 0.926. The molecule has 0 aromatic rings. The molecule has 0 aliphatic rings. The van der Waals surface area contributed by atoms with E-state index in [4.69, 9.17) is 4.74 Å². The minimum absolute atomic E-state index is 0.926. The van der Waals surface area contributed by atoms with Crippen LogP contribution in [0.3, 0.4) is 0 Å². The van der Waals surface area contributed by atoms with E-state index in [1.807, 2.05) is 0 Å². The highest BCUT2D eigenvalue weighted by Crippen LogP contribution is 2.05. The summed E-state index contributed by atoms with van der Waals surface area (Å²) in [5.74, 6) is 0. The molecule has 0 aromatic carbocycles. The number of rotatable bonds is 9. The van der Waals surface area contributed by atoms with E-state index in [0.29, 0.717) is 0 Å². The second-order valence-electron chi connectivity index (χ2n) is 3.98. The first kappa shape index (κ1) is 13.9. The van der Waals surface area contributed by atoms with Crippen LogP contribution in [0.1, 0.15) is 40.5 Å². The van der Waals surface area contributed by atoms with Crippen molar-refractivity contribution in [3.8, 4) is 0 Å². The van der Waals surface area contributed by atoms with Crippen molar-refractivity contribution in [2.24, 2.45) is 0 Å². The van der Waals surface area contributed by atoms with E-state index >= 15 is 0 Å². The molecule has 0 fully saturated rings. The highest BCUT2D eigenvalue weighted by molar-refractivity contribution is 4.39. The van der Waals surface area contributed by atoms with Crippen LogP contribution in [0.2, 0.25) is 0 Å². The van der Waals surface area contributed by atoms with Gasteiger partial charge in [-0.05, 0) is 27.2 Å². The lowest BCUT2D eigenvalue weighted by atomic mass is 10.3. The molecule has 0 radical (unpaired) electrons. The predicted molar refractivity (Wildman–Crippen MR) is 62.5 cm³/mol. The quantitative estimate of drug-likeness (QED) is 0.412. The highest BCUT2D eigenvalue weighted by atomic mass is 16.5. The highest BCUT2D eigenvalue weighted by Gasteiger charge is 2.19. The van der Waals surface area contributed by atoms with Crippen LogP contribution in [0, 0.1) is 0 Å². The second kappa shape index (κ2) is 8.25. The van der Waals surface area contributed by atoms with Crippen molar-refractivity contribution in [1.29, 1.82) is 0 Å². The van der Waals surface area contributed by atoms with Crippen molar-refractivity contribution in [1.82, 2.24) is 0 Å². The topological polar surface area (TPSA) is 9.23 Å². The first-order valence-electron chi connectivity index (χ1n) is 6.17. The zero-order chi connectivity index (χ0) is 10.9. The molecule has 2 nitrogen and oxygen atoms in total. The summed E-state index contributed by atoms with van der Waals surface area (Å²) >= 11 is 0. The third-order valence-electron chi connectivity index (χ3n) is 3.36. The molecule has 0 bridgehead atoms. The number of ether oxygens (including phenoxy) is 1. The van der Waals surface area contributed by atoms with E-state index in [2.05, 4.69) is 27.7 Å². The zero-order valence-corrected chi connectivity index (χ0v) is 10.5. The summed E-state index contributed by atoms with van der Waals surface area (Å²) in [6, 6.07) is 0. The molecular formula is C12H28NO+. The lowest BCUT2D eigenvalue weighted by Gasteiger charge is -2.35. The molecule has 0 aliphatic heterocycles. The van der Waals surface area contributed by atoms with Crippen LogP contribution in [0.15, 0.2) is 0 Å². The van der Waals surface area contributed by atoms with E-state index in [9.17, 15) is 0 Å². The Morgan fingerprint density at radius 2 is 1.43 bits per heavy atom. The number of likely N-dealkylation sites (N-methyl/N-ethyl adjacent to an activating group) is 1. The molecule has 0 spiro atoms.